The Morgan fingerprint density at radius 2 is 1.73 bits per heavy atom. The SMILES string of the molecule is O=C1C[C@H](Cc2ccc(Br)cc2)C(=O)N1CCc1ccc2c(c1)OCO2. The van der Waals surface area contributed by atoms with Gasteiger partial charge in [0.15, 0.2) is 11.5 Å². The third kappa shape index (κ3) is 3.46. The summed E-state index contributed by atoms with van der Waals surface area (Å²) in [7, 11) is 0. The first-order valence-electron chi connectivity index (χ1n) is 8.57. The summed E-state index contributed by atoms with van der Waals surface area (Å²) >= 11 is 3.40. The molecule has 0 N–H and O–H groups in total. The van der Waals surface area contributed by atoms with E-state index in [4.69, 9.17) is 9.47 Å². The number of ether oxygens (including phenoxy) is 2. The summed E-state index contributed by atoms with van der Waals surface area (Å²) in [5.74, 6) is 1.03. The maximum atomic E-state index is 12.6. The smallest absolute Gasteiger partial charge is 0.233 e. The Kier molecular flexibility index (Phi) is 4.68. The molecule has 2 aromatic carbocycles. The maximum Gasteiger partial charge on any atom is 0.233 e. The lowest BCUT2D eigenvalue weighted by atomic mass is 9.98. The molecule has 0 saturated carbocycles. The highest BCUT2D eigenvalue weighted by molar-refractivity contribution is 9.10. The lowest BCUT2D eigenvalue weighted by Gasteiger charge is -2.15. The van der Waals surface area contributed by atoms with Crippen LogP contribution in [-0.2, 0) is 22.4 Å². The molecule has 1 atom stereocenters. The second kappa shape index (κ2) is 7.11. The van der Waals surface area contributed by atoms with E-state index in [1.165, 1.54) is 4.90 Å². The Hall–Kier alpha value is -2.34. The molecule has 1 saturated heterocycles. The number of halogens is 1. The summed E-state index contributed by atoms with van der Waals surface area (Å²) in [6.45, 7) is 0.633. The van der Waals surface area contributed by atoms with Gasteiger partial charge in [0, 0.05) is 17.4 Å². The Labute approximate surface area is 160 Å². The molecule has 2 aliphatic rings. The van der Waals surface area contributed by atoms with Gasteiger partial charge in [-0.25, -0.2) is 0 Å². The number of fused-ring (bicyclic) bond motifs is 1. The molecule has 1 fully saturated rings. The van der Waals surface area contributed by atoms with E-state index in [1.807, 2.05) is 42.5 Å². The van der Waals surface area contributed by atoms with Crippen molar-refractivity contribution in [1.29, 1.82) is 0 Å². The molecular formula is C20H18BrNO4. The topological polar surface area (TPSA) is 55.8 Å². The van der Waals surface area contributed by atoms with E-state index in [-0.39, 0.29) is 30.9 Å². The predicted octanol–water partition coefficient (Wildman–Crippen LogP) is 3.34. The van der Waals surface area contributed by atoms with Gasteiger partial charge in [0.25, 0.3) is 0 Å². The number of carbonyl (C=O) groups excluding carboxylic acids is 2. The Balaban J connectivity index is 1.38. The van der Waals surface area contributed by atoms with E-state index in [1.54, 1.807) is 0 Å². The van der Waals surface area contributed by atoms with E-state index in [9.17, 15) is 9.59 Å². The molecule has 2 amide bonds. The van der Waals surface area contributed by atoms with Crippen molar-refractivity contribution in [1.82, 2.24) is 4.90 Å². The first kappa shape index (κ1) is 17.1. The van der Waals surface area contributed by atoms with E-state index >= 15 is 0 Å². The van der Waals surface area contributed by atoms with Crippen LogP contribution >= 0.6 is 15.9 Å². The number of hydrogen-bond donors (Lipinski definition) is 0. The van der Waals surface area contributed by atoms with Crippen LogP contribution in [0.15, 0.2) is 46.9 Å². The van der Waals surface area contributed by atoms with Gasteiger partial charge in [-0.3, -0.25) is 14.5 Å². The van der Waals surface area contributed by atoms with Gasteiger partial charge in [-0.1, -0.05) is 34.1 Å². The lowest BCUT2D eigenvalue weighted by molar-refractivity contribution is -0.139. The van der Waals surface area contributed by atoms with Crippen molar-refractivity contribution in [2.75, 3.05) is 13.3 Å². The number of amides is 2. The van der Waals surface area contributed by atoms with Gasteiger partial charge in [-0.2, -0.15) is 0 Å². The zero-order valence-electron chi connectivity index (χ0n) is 14.1. The number of nitrogens with zero attached hydrogens (tertiary/aromatic N) is 1. The molecule has 2 aliphatic heterocycles. The third-order valence-electron chi connectivity index (χ3n) is 4.79. The van der Waals surface area contributed by atoms with Crippen LogP contribution in [-0.4, -0.2) is 30.1 Å². The summed E-state index contributed by atoms with van der Waals surface area (Å²) in [4.78, 5) is 26.3. The van der Waals surface area contributed by atoms with Crippen LogP contribution in [0, 0.1) is 5.92 Å². The molecular weight excluding hydrogens is 398 g/mol. The molecule has 26 heavy (non-hydrogen) atoms. The Bertz CT molecular complexity index is 849. The van der Waals surface area contributed by atoms with Gasteiger partial charge in [-0.05, 0) is 48.2 Å². The molecule has 4 rings (SSSR count). The van der Waals surface area contributed by atoms with Crippen LogP contribution in [0.25, 0.3) is 0 Å². The second-order valence-corrected chi connectivity index (χ2v) is 7.47. The largest absolute Gasteiger partial charge is 0.454 e. The van der Waals surface area contributed by atoms with Crippen molar-refractivity contribution in [3.63, 3.8) is 0 Å². The van der Waals surface area contributed by atoms with Crippen molar-refractivity contribution in [2.45, 2.75) is 19.3 Å². The summed E-state index contributed by atoms with van der Waals surface area (Å²) in [6, 6.07) is 13.6. The molecule has 0 aromatic heterocycles. The molecule has 0 spiro atoms. The molecule has 2 heterocycles. The van der Waals surface area contributed by atoms with Crippen molar-refractivity contribution in [2.24, 2.45) is 5.92 Å². The highest BCUT2D eigenvalue weighted by atomic mass is 79.9. The zero-order chi connectivity index (χ0) is 18.1. The quantitative estimate of drug-likeness (QED) is 0.702. The molecule has 5 nitrogen and oxygen atoms in total. The van der Waals surface area contributed by atoms with E-state index < -0.39 is 0 Å². The van der Waals surface area contributed by atoms with E-state index in [0.29, 0.717) is 19.4 Å². The minimum atomic E-state index is -0.263. The normalized spacial score (nSPS) is 18.7. The highest BCUT2D eigenvalue weighted by Crippen LogP contribution is 2.33. The summed E-state index contributed by atoms with van der Waals surface area (Å²) in [5, 5.41) is 0. The van der Waals surface area contributed by atoms with Gasteiger partial charge in [0.05, 0.1) is 5.92 Å². The third-order valence-corrected chi connectivity index (χ3v) is 5.32. The fourth-order valence-corrected chi connectivity index (χ4v) is 3.65. The monoisotopic (exact) mass is 415 g/mol. The van der Waals surface area contributed by atoms with Crippen molar-refractivity contribution in [3.8, 4) is 11.5 Å². The molecule has 134 valence electrons. The number of carbonyl (C=O) groups is 2. The minimum absolute atomic E-state index is 0.0707. The van der Waals surface area contributed by atoms with E-state index in [2.05, 4.69) is 15.9 Å². The lowest BCUT2D eigenvalue weighted by Crippen LogP contribution is -2.33. The van der Waals surface area contributed by atoms with Crippen molar-refractivity contribution < 1.29 is 19.1 Å². The number of likely N-dealkylation sites (tertiary alicyclic amines) is 1. The molecule has 6 heteroatoms. The standard InChI is InChI=1S/C20H18BrNO4/c21-16-4-1-13(2-5-16)9-15-11-19(23)22(20(15)24)8-7-14-3-6-17-18(10-14)26-12-25-17/h1-6,10,15H,7-9,11-12H2/t15-/m0/s1. The first-order valence-corrected chi connectivity index (χ1v) is 9.36. The fraction of sp³-hybridized carbons (Fsp3) is 0.300. The van der Waals surface area contributed by atoms with Crippen molar-refractivity contribution >= 4 is 27.7 Å². The van der Waals surface area contributed by atoms with Crippen LogP contribution in [0.1, 0.15) is 17.5 Å². The predicted molar refractivity (Wildman–Crippen MR) is 98.9 cm³/mol. The number of imide groups is 1. The van der Waals surface area contributed by atoms with Gasteiger partial charge >= 0.3 is 0 Å². The number of rotatable bonds is 5. The number of benzene rings is 2. The second-order valence-electron chi connectivity index (χ2n) is 6.55. The van der Waals surface area contributed by atoms with E-state index in [0.717, 1.165) is 27.1 Å². The average molecular weight is 416 g/mol. The minimum Gasteiger partial charge on any atom is -0.454 e. The molecule has 2 aromatic rings. The summed E-state index contributed by atoms with van der Waals surface area (Å²) in [6.07, 6.45) is 1.49. The van der Waals surface area contributed by atoms with Gasteiger partial charge in [0.1, 0.15) is 0 Å². The van der Waals surface area contributed by atoms with Crippen molar-refractivity contribution in [3.05, 3.63) is 58.1 Å². The fourth-order valence-electron chi connectivity index (χ4n) is 3.39. The van der Waals surface area contributed by atoms with Gasteiger partial charge < -0.3 is 9.47 Å². The zero-order valence-corrected chi connectivity index (χ0v) is 15.7. The molecule has 0 bridgehead atoms. The van der Waals surface area contributed by atoms with Gasteiger partial charge in [-0.15, -0.1) is 0 Å². The first-order chi connectivity index (χ1) is 12.6. The average Bonchev–Trinajstić information content (AvgIpc) is 3.20. The van der Waals surface area contributed by atoms with Crippen LogP contribution in [0.2, 0.25) is 0 Å². The molecule has 0 aliphatic carbocycles. The highest BCUT2D eigenvalue weighted by Gasteiger charge is 2.38. The molecule has 0 radical (unpaired) electrons. The van der Waals surface area contributed by atoms with Crippen LogP contribution in [0.3, 0.4) is 0 Å². The van der Waals surface area contributed by atoms with Gasteiger partial charge in [0.2, 0.25) is 18.6 Å². The molecule has 0 unspecified atom stereocenters. The number of hydrogen-bond acceptors (Lipinski definition) is 4. The van der Waals surface area contributed by atoms with Crippen LogP contribution in [0.5, 0.6) is 11.5 Å². The van der Waals surface area contributed by atoms with Crippen LogP contribution in [0.4, 0.5) is 0 Å². The van der Waals surface area contributed by atoms with Crippen LogP contribution < -0.4 is 9.47 Å². The Morgan fingerprint density at radius 3 is 2.54 bits per heavy atom. The Morgan fingerprint density at radius 1 is 1.00 bits per heavy atom. The summed E-state index contributed by atoms with van der Waals surface area (Å²) < 4.78 is 11.7. The maximum absolute atomic E-state index is 12.6. The summed E-state index contributed by atoms with van der Waals surface area (Å²) in [5.41, 5.74) is 2.09.